The van der Waals surface area contributed by atoms with Gasteiger partial charge in [0.25, 0.3) is 11.8 Å². The van der Waals surface area contributed by atoms with Crippen LogP contribution in [0.3, 0.4) is 0 Å². The Kier molecular flexibility index (Phi) is 7.62. The molecule has 0 unspecified atom stereocenters. The Morgan fingerprint density at radius 1 is 0.950 bits per heavy atom. The van der Waals surface area contributed by atoms with Crippen LogP contribution in [0, 0.1) is 5.41 Å². The Morgan fingerprint density at radius 3 is 2.08 bits per heavy atom. The summed E-state index contributed by atoms with van der Waals surface area (Å²) in [6.07, 6.45) is -5.44. The van der Waals surface area contributed by atoms with E-state index in [1.807, 2.05) is 0 Å². The number of esters is 2. The third kappa shape index (κ3) is 5.51. The van der Waals surface area contributed by atoms with Crippen LogP contribution >= 0.6 is 0 Å². The molecule has 2 heterocycles. The highest BCUT2D eigenvalue weighted by atomic mass is 19.4. The quantitative estimate of drug-likeness (QED) is 0.181. The number of imide groups is 1. The number of halogens is 3. The minimum atomic E-state index is -5.43. The van der Waals surface area contributed by atoms with Crippen LogP contribution in [0.4, 0.5) is 18.0 Å². The SMILES string of the molecule is N=C(N)c1ccc(C(=O)N2CCC3(CC2)C(=O)N(CC(=O)OC(=O)C(F)(F)F)C(=O)N3Cc2ccccc2)cc1. The number of nitrogens with zero attached hydrogens (tertiary/aromatic N) is 3. The molecular weight excluding hydrogens is 535 g/mol. The number of carbonyl (C=O) groups excluding carboxylic acids is 5. The fraction of sp³-hybridized carbons (Fsp3) is 0.308. The maximum atomic E-state index is 13.6. The van der Waals surface area contributed by atoms with Crippen molar-refractivity contribution < 1.29 is 41.9 Å². The number of benzene rings is 2. The smallest absolute Gasteiger partial charge is 0.385 e. The number of urea groups is 1. The van der Waals surface area contributed by atoms with Gasteiger partial charge in [-0.3, -0.25) is 19.9 Å². The summed E-state index contributed by atoms with van der Waals surface area (Å²) in [5.74, 6) is -5.79. The van der Waals surface area contributed by atoms with E-state index in [4.69, 9.17) is 11.1 Å². The van der Waals surface area contributed by atoms with Gasteiger partial charge >= 0.3 is 24.1 Å². The summed E-state index contributed by atoms with van der Waals surface area (Å²) in [4.78, 5) is 66.3. The van der Waals surface area contributed by atoms with Crippen LogP contribution in [0.2, 0.25) is 0 Å². The maximum absolute atomic E-state index is 13.6. The van der Waals surface area contributed by atoms with Crippen LogP contribution in [0.5, 0.6) is 0 Å². The van der Waals surface area contributed by atoms with Gasteiger partial charge in [-0.25, -0.2) is 14.4 Å². The molecule has 0 aromatic heterocycles. The standard InChI is InChI=1S/C26H24F3N5O6/c27-26(28,29)23(38)40-19(35)15-33-22(37)25(34(24(33)39)14-16-4-2-1-3-5-16)10-12-32(13-11-25)21(36)18-8-6-17(7-9-18)20(30)31/h1-9H,10-15H2,(H3,30,31). The lowest BCUT2D eigenvalue weighted by atomic mass is 9.85. The zero-order valence-electron chi connectivity index (χ0n) is 20.9. The molecule has 40 heavy (non-hydrogen) atoms. The van der Waals surface area contributed by atoms with E-state index in [0.717, 1.165) is 0 Å². The van der Waals surface area contributed by atoms with Crippen LogP contribution in [0.15, 0.2) is 54.6 Å². The molecule has 3 N–H and O–H groups in total. The third-order valence-corrected chi connectivity index (χ3v) is 6.85. The molecule has 0 saturated carbocycles. The molecule has 11 nitrogen and oxygen atoms in total. The van der Waals surface area contributed by atoms with Crippen molar-refractivity contribution in [3.8, 4) is 0 Å². The van der Waals surface area contributed by atoms with Gasteiger partial charge in [-0.2, -0.15) is 13.2 Å². The van der Waals surface area contributed by atoms with Crippen molar-refractivity contribution >= 4 is 35.6 Å². The molecule has 2 fully saturated rings. The van der Waals surface area contributed by atoms with Gasteiger partial charge in [0.05, 0.1) is 0 Å². The molecule has 2 aliphatic heterocycles. The van der Waals surface area contributed by atoms with Crippen LogP contribution in [-0.4, -0.2) is 81.7 Å². The van der Waals surface area contributed by atoms with Gasteiger partial charge in [0.15, 0.2) is 0 Å². The van der Waals surface area contributed by atoms with Crippen molar-refractivity contribution in [1.82, 2.24) is 14.7 Å². The number of nitrogen functional groups attached to an aromatic ring is 1. The molecule has 2 saturated heterocycles. The van der Waals surface area contributed by atoms with E-state index in [1.165, 1.54) is 34.1 Å². The first-order valence-corrected chi connectivity index (χ1v) is 12.1. The number of likely N-dealkylation sites (tertiary alicyclic amines) is 1. The molecule has 2 aliphatic rings. The maximum Gasteiger partial charge on any atom is 0.491 e. The molecule has 210 valence electrons. The van der Waals surface area contributed by atoms with Crippen molar-refractivity contribution in [1.29, 1.82) is 5.41 Å². The average Bonchev–Trinajstić information content (AvgIpc) is 3.10. The van der Waals surface area contributed by atoms with Crippen molar-refractivity contribution in [2.75, 3.05) is 19.6 Å². The highest BCUT2D eigenvalue weighted by molar-refractivity contribution is 6.09. The van der Waals surface area contributed by atoms with E-state index in [1.54, 1.807) is 30.3 Å². The fourth-order valence-corrected chi connectivity index (χ4v) is 4.77. The number of alkyl halides is 3. The topological polar surface area (TPSA) is 154 Å². The molecule has 4 amide bonds. The Labute approximate surface area is 225 Å². The van der Waals surface area contributed by atoms with Gasteiger partial charge < -0.3 is 20.3 Å². The van der Waals surface area contributed by atoms with Gasteiger partial charge in [-0.1, -0.05) is 42.5 Å². The molecule has 0 atom stereocenters. The van der Waals surface area contributed by atoms with Crippen LogP contribution in [0.25, 0.3) is 0 Å². The van der Waals surface area contributed by atoms with Crippen LogP contribution in [-0.2, 0) is 25.7 Å². The van der Waals surface area contributed by atoms with Crippen molar-refractivity contribution in [3.63, 3.8) is 0 Å². The number of nitrogens with two attached hydrogens (primary N) is 1. The highest BCUT2D eigenvalue weighted by Gasteiger charge is 2.59. The lowest BCUT2D eigenvalue weighted by Crippen LogP contribution is -2.57. The van der Waals surface area contributed by atoms with Gasteiger partial charge in [-0.05, 0) is 30.5 Å². The average molecular weight is 560 g/mol. The molecular formula is C26H24F3N5O6. The van der Waals surface area contributed by atoms with Crippen molar-refractivity contribution in [2.45, 2.75) is 31.1 Å². The normalized spacial score (nSPS) is 16.8. The summed E-state index contributed by atoms with van der Waals surface area (Å²) < 4.78 is 41.3. The Bertz CT molecular complexity index is 1360. The van der Waals surface area contributed by atoms with Crippen LogP contribution in [0.1, 0.15) is 34.3 Å². The number of amidine groups is 1. The lowest BCUT2D eigenvalue weighted by molar-refractivity contribution is -0.202. The fourth-order valence-electron chi connectivity index (χ4n) is 4.77. The van der Waals surface area contributed by atoms with E-state index < -0.39 is 42.1 Å². The van der Waals surface area contributed by atoms with Gasteiger partial charge in [0, 0.05) is 30.8 Å². The molecule has 0 radical (unpaired) electrons. The largest absolute Gasteiger partial charge is 0.491 e. The second-order valence-corrected chi connectivity index (χ2v) is 9.32. The van der Waals surface area contributed by atoms with Gasteiger partial charge in [0.1, 0.15) is 17.9 Å². The first-order valence-electron chi connectivity index (χ1n) is 12.1. The summed E-state index contributed by atoms with van der Waals surface area (Å²) in [6.45, 7) is -1.11. The summed E-state index contributed by atoms with van der Waals surface area (Å²) >= 11 is 0. The summed E-state index contributed by atoms with van der Waals surface area (Å²) in [6, 6.07) is 13.8. The number of amides is 4. The van der Waals surface area contributed by atoms with Crippen molar-refractivity contribution in [2.24, 2.45) is 5.73 Å². The second kappa shape index (κ2) is 10.8. The Hall–Kier alpha value is -4.75. The number of hydrogen-bond donors (Lipinski definition) is 2. The predicted octanol–water partition coefficient (Wildman–Crippen LogP) is 2.04. The molecule has 0 bridgehead atoms. The first-order chi connectivity index (χ1) is 18.8. The predicted molar refractivity (Wildman–Crippen MR) is 132 cm³/mol. The number of nitrogens with one attached hydrogen (secondary N) is 1. The van der Waals surface area contributed by atoms with E-state index >= 15 is 0 Å². The summed E-state index contributed by atoms with van der Waals surface area (Å²) in [7, 11) is 0. The molecule has 14 heteroatoms. The van der Waals surface area contributed by atoms with E-state index in [-0.39, 0.29) is 44.2 Å². The molecule has 4 rings (SSSR count). The minimum absolute atomic E-state index is 0.00525. The van der Waals surface area contributed by atoms with Gasteiger partial charge in [-0.15, -0.1) is 0 Å². The first kappa shape index (κ1) is 28.3. The van der Waals surface area contributed by atoms with Crippen LogP contribution < -0.4 is 5.73 Å². The number of hydrogen-bond acceptors (Lipinski definition) is 7. The van der Waals surface area contributed by atoms with E-state index in [9.17, 15) is 37.1 Å². The summed E-state index contributed by atoms with van der Waals surface area (Å²) in [5.41, 5.74) is 5.40. The Balaban J connectivity index is 1.54. The van der Waals surface area contributed by atoms with Gasteiger partial charge in [0.2, 0.25) is 0 Å². The van der Waals surface area contributed by atoms with E-state index in [0.29, 0.717) is 21.6 Å². The minimum Gasteiger partial charge on any atom is -0.385 e. The molecule has 2 aromatic carbocycles. The molecule has 2 aromatic rings. The zero-order chi connectivity index (χ0) is 29.2. The second-order valence-electron chi connectivity index (χ2n) is 9.32. The van der Waals surface area contributed by atoms with Crippen molar-refractivity contribution in [3.05, 3.63) is 71.3 Å². The molecule has 0 aliphatic carbocycles. The monoisotopic (exact) mass is 559 g/mol. The van der Waals surface area contributed by atoms with E-state index in [2.05, 4.69) is 4.74 Å². The Morgan fingerprint density at radius 2 is 1.52 bits per heavy atom. The highest BCUT2D eigenvalue weighted by Crippen LogP contribution is 2.39. The number of rotatable bonds is 6. The number of carbonyl (C=O) groups is 5. The number of piperidine rings is 1. The lowest BCUT2D eigenvalue weighted by Gasteiger charge is -2.42. The third-order valence-electron chi connectivity index (χ3n) is 6.85. The zero-order valence-corrected chi connectivity index (χ0v) is 20.9. The number of ether oxygens (including phenoxy) is 1. The summed E-state index contributed by atoms with van der Waals surface area (Å²) in [5, 5.41) is 7.47. The molecule has 1 spiro atoms.